The maximum Gasteiger partial charge on any atom is 0.120 e. The number of hydrogen-bond donors (Lipinski definition) is 1. The molecule has 2 heterocycles. The SMILES string of the molecule is CCOc1ccc2nc(CN3CCO[C@@H](CN)C3)ccc2c1. The molecule has 0 amide bonds. The number of ether oxygens (including phenoxy) is 2. The van der Waals surface area contributed by atoms with Crippen molar-refractivity contribution in [3.63, 3.8) is 0 Å². The monoisotopic (exact) mass is 301 g/mol. The second kappa shape index (κ2) is 7.05. The highest BCUT2D eigenvalue weighted by atomic mass is 16.5. The van der Waals surface area contributed by atoms with E-state index in [9.17, 15) is 0 Å². The Hall–Kier alpha value is -1.69. The summed E-state index contributed by atoms with van der Waals surface area (Å²) in [7, 11) is 0. The van der Waals surface area contributed by atoms with Gasteiger partial charge in [-0.2, -0.15) is 0 Å². The summed E-state index contributed by atoms with van der Waals surface area (Å²) in [6.45, 7) is 6.62. The lowest BCUT2D eigenvalue weighted by molar-refractivity contribution is -0.0263. The second-order valence-electron chi connectivity index (χ2n) is 5.55. The second-order valence-corrected chi connectivity index (χ2v) is 5.55. The van der Waals surface area contributed by atoms with Crippen molar-refractivity contribution < 1.29 is 9.47 Å². The van der Waals surface area contributed by atoms with Gasteiger partial charge in [0.05, 0.1) is 30.5 Å². The van der Waals surface area contributed by atoms with Crippen LogP contribution < -0.4 is 10.5 Å². The fourth-order valence-corrected chi connectivity index (χ4v) is 2.79. The van der Waals surface area contributed by atoms with Crippen LogP contribution in [0.15, 0.2) is 30.3 Å². The third-order valence-corrected chi connectivity index (χ3v) is 3.90. The summed E-state index contributed by atoms with van der Waals surface area (Å²) in [5.41, 5.74) is 7.78. The van der Waals surface area contributed by atoms with Crippen LogP contribution in [0.4, 0.5) is 0 Å². The van der Waals surface area contributed by atoms with E-state index in [1.807, 2.05) is 25.1 Å². The van der Waals surface area contributed by atoms with Gasteiger partial charge >= 0.3 is 0 Å². The molecule has 0 bridgehead atoms. The van der Waals surface area contributed by atoms with Crippen molar-refractivity contribution in [2.75, 3.05) is 32.8 Å². The molecule has 22 heavy (non-hydrogen) atoms. The minimum Gasteiger partial charge on any atom is -0.494 e. The zero-order chi connectivity index (χ0) is 15.4. The molecule has 1 aliphatic rings. The summed E-state index contributed by atoms with van der Waals surface area (Å²) in [4.78, 5) is 7.10. The first kappa shape index (κ1) is 15.2. The van der Waals surface area contributed by atoms with Gasteiger partial charge in [0.1, 0.15) is 5.75 Å². The van der Waals surface area contributed by atoms with Gasteiger partial charge in [0.15, 0.2) is 0 Å². The molecule has 1 atom stereocenters. The van der Waals surface area contributed by atoms with Gasteiger partial charge in [-0.05, 0) is 31.2 Å². The van der Waals surface area contributed by atoms with Crippen LogP contribution in [0.25, 0.3) is 10.9 Å². The van der Waals surface area contributed by atoms with Gasteiger partial charge in [0.25, 0.3) is 0 Å². The largest absolute Gasteiger partial charge is 0.494 e. The van der Waals surface area contributed by atoms with Crippen molar-refractivity contribution in [1.29, 1.82) is 0 Å². The van der Waals surface area contributed by atoms with E-state index in [1.54, 1.807) is 0 Å². The van der Waals surface area contributed by atoms with Crippen LogP contribution in [0, 0.1) is 0 Å². The Morgan fingerprint density at radius 1 is 1.36 bits per heavy atom. The lowest BCUT2D eigenvalue weighted by Crippen LogP contribution is -2.45. The van der Waals surface area contributed by atoms with Crippen molar-refractivity contribution in [1.82, 2.24) is 9.88 Å². The van der Waals surface area contributed by atoms with Crippen molar-refractivity contribution in [3.05, 3.63) is 36.0 Å². The first-order valence-corrected chi connectivity index (χ1v) is 7.85. The summed E-state index contributed by atoms with van der Waals surface area (Å²) in [6, 6.07) is 10.2. The van der Waals surface area contributed by atoms with Gasteiger partial charge in [-0.3, -0.25) is 9.88 Å². The predicted octanol–water partition coefficient (Wildman–Crippen LogP) is 1.79. The lowest BCUT2D eigenvalue weighted by atomic mass is 10.2. The van der Waals surface area contributed by atoms with E-state index >= 15 is 0 Å². The minimum absolute atomic E-state index is 0.142. The summed E-state index contributed by atoms with van der Waals surface area (Å²) < 4.78 is 11.1. The van der Waals surface area contributed by atoms with Gasteiger partial charge in [0.2, 0.25) is 0 Å². The summed E-state index contributed by atoms with van der Waals surface area (Å²) in [6.07, 6.45) is 0.142. The van der Waals surface area contributed by atoms with E-state index in [2.05, 4.69) is 17.0 Å². The molecule has 0 saturated carbocycles. The van der Waals surface area contributed by atoms with Crippen LogP contribution in [-0.2, 0) is 11.3 Å². The van der Waals surface area contributed by atoms with Gasteiger partial charge < -0.3 is 15.2 Å². The first-order valence-electron chi connectivity index (χ1n) is 7.85. The molecule has 1 aromatic carbocycles. The van der Waals surface area contributed by atoms with Gasteiger partial charge in [-0.1, -0.05) is 6.07 Å². The van der Waals surface area contributed by atoms with E-state index in [4.69, 9.17) is 20.2 Å². The number of nitrogens with two attached hydrogens (primary N) is 1. The summed E-state index contributed by atoms with van der Waals surface area (Å²) in [5, 5.41) is 1.11. The number of pyridine rings is 1. The molecule has 0 spiro atoms. The van der Waals surface area contributed by atoms with Crippen LogP contribution in [0.1, 0.15) is 12.6 Å². The van der Waals surface area contributed by atoms with Crippen molar-refractivity contribution >= 4 is 10.9 Å². The average Bonchev–Trinajstić information content (AvgIpc) is 2.55. The van der Waals surface area contributed by atoms with E-state index in [0.717, 1.165) is 48.6 Å². The lowest BCUT2D eigenvalue weighted by Gasteiger charge is -2.32. The number of morpholine rings is 1. The zero-order valence-electron chi connectivity index (χ0n) is 13.0. The van der Waals surface area contributed by atoms with Crippen LogP contribution in [0.2, 0.25) is 0 Å². The molecule has 0 radical (unpaired) electrons. The highest BCUT2D eigenvalue weighted by Crippen LogP contribution is 2.20. The number of aromatic nitrogens is 1. The maximum absolute atomic E-state index is 5.69. The van der Waals surface area contributed by atoms with E-state index < -0.39 is 0 Å². The van der Waals surface area contributed by atoms with Crippen LogP contribution >= 0.6 is 0 Å². The summed E-state index contributed by atoms with van der Waals surface area (Å²) in [5.74, 6) is 0.892. The van der Waals surface area contributed by atoms with E-state index in [-0.39, 0.29) is 6.10 Å². The molecule has 0 unspecified atom stereocenters. The molecule has 5 heteroatoms. The Labute approximate surface area is 131 Å². The minimum atomic E-state index is 0.142. The highest BCUT2D eigenvalue weighted by Gasteiger charge is 2.19. The summed E-state index contributed by atoms with van der Waals surface area (Å²) >= 11 is 0. The number of fused-ring (bicyclic) bond motifs is 1. The van der Waals surface area contributed by atoms with Crippen LogP contribution in [0.5, 0.6) is 5.75 Å². The van der Waals surface area contributed by atoms with Crippen LogP contribution in [-0.4, -0.2) is 48.8 Å². The number of nitrogens with zero attached hydrogens (tertiary/aromatic N) is 2. The molecular weight excluding hydrogens is 278 g/mol. The quantitative estimate of drug-likeness (QED) is 0.912. The number of benzene rings is 1. The Kier molecular flexibility index (Phi) is 4.87. The Morgan fingerprint density at radius 2 is 2.27 bits per heavy atom. The van der Waals surface area contributed by atoms with Crippen molar-refractivity contribution in [3.8, 4) is 5.75 Å². The first-order chi connectivity index (χ1) is 10.8. The number of hydrogen-bond acceptors (Lipinski definition) is 5. The molecule has 118 valence electrons. The third kappa shape index (κ3) is 3.55. The molecule has 5 nitrogen and oxygen atoms in total. The fraction of sp³-hybridized carbons (Fsp3) is 0.471. The Balaban J connectivity index is 1.73. The van der Waals surface area contributed by atoms with Gasteiger partial charge in [-0.25, -0.2) is 0 Å². The van der Waals surface area contributed by atoms with E-state index in [1.165, 1.54) is 0 Å². The smallest absolute Gasteiger partial charge is 0.120 e. The Bertz CT molecular complexity index is 632. The third-order valence-electron chi connectivity index (χ3n) is 3.90. The molecule has 1 aromatic heterocycles. The average molecular weight is 301 g/mol. The molecule has 1 saturated heterocycles. The van der Waals surface area contributed by atoms with Gasteiger partial charge in [0, 0.05) is 31.6 Å². The van der Waals surface area contributed by atoms with Crippen molar-refractivity contribution in [2.24, 2.45) is 5.73 Å². The molecule has 0 aliphatic carbocycles. The molecular formula is C17H23N3O2. The fourth-order valence-electron chi connectivity index (χ4n) is 2.79. The zero-order valence-corrected chi connectivity index (χ0v) is 13.0. The standard InChI is InChI=1S/C17H23N3O2/c1-2-21-15-5-6-17-13(9-15)3-4-14(19-17)11-20-7-8-22-16(10-18)12-20/h3-6,9,16H,2,7-8,10-12,18H2,1H3/t16-/m0/s1. The number of rotatable bonds is 5. The molecule has 3 rings (SSSR count). The van der Waals surface area contributed by atoms with Gasteiger partial charge in [-0.15, -0.1) is 0 Å². The molecule has 1 fully saturated rings. The topological polar surface area (TPSA) is 60.6 Å². The molecule has 2 aromatic rings. The van der Waals surface area contributed by atoms with Crippen molar-refractivity contribution in [2.45, 2.75) is 19.6 Å². The molecule has 2 N–H and O–H groups in total. The predicted molar refractivity (Wildman–Crippen MR) is 87.0 cm³/mol. The van der Waals surface area contributed by atoms with E-state index in [0.29, 0.717) is 13.2 Å². The Morgan fingerprint density at radius 3 is 3.09 bits per heavy atom. The highest BCUT2D eigenvalue weighted by molar-refractivity contribution is 5.80. The van der Waals surface area contributed by atoms with Crippen LogP contribution in [0.3, 0.4) is 0 Å². The molecule has 1 aliphatic heterocycles. The maximum atomic E-state index is 5.69. The normalized spacial score (nSPS) is 19.5.